The van der Waals surface area contributed by atoms with Gasteiger partial charge in [-0.1, -0.05) is 36.8 Å². The number of esters is 1. The molecule has 0 saturated carbocycles. The third kappa shape index (κ3) is 5.47. The zero-order chi connectivity index (χ0) is 21.5. The first kappa shape index (κ1) is 21.6. The molecule has 1 aliphatic heterocycles. The molecule has 2 aromatic carbocycles. The Hall–Kier alpha value is -3.15. The molecular formula is C24H28N2O4. The van der Waals surface area contributed by atoms with E-state index < -0.39 is 5.97 Å². The van der Waals surface area contributed by atoms with Crippen LogP contribution in [0.25, 0.3) is 0 Å². The topological polar surface area (TPSA) is 66.9 Å². The molecule has 0 unspecified atom stereocenters. The standard InChI is InChI=1S/C24H28N2O4/c1-3-14-25(16-19-8-6-18(2)7-9-19)23(28)17-30-24(29)20-10-12-21(13-11-20)26-15-4-5-22(26)27/h6-13H,3-5,14-17H2,1-2H3. The zero-order valence-corrected chi connectivity index (χ0v) is 17.6. The summed E-state index contributed by atoms with van der Waals surface area (Å²) in [5.41, 5.74) is 3.35. The minimum atomic E-state index is -0.547. The molecule has 2 amide bonds. The van der Waals surface area contributed by atoms with Gasteiger partial charge in [-0.2, -0.15) is 0 Å². The molecule has 0 radical (unpaired) electrons. The van der Waals surface area contributed by atoms with Crippen molar-refractivity contribution in [3.63, 3.8) is 0 Å². The second kappa shape index (κ2) is 10.1. The van der Waals surface area contributed by atoms with Crippen molar-refractivity contribution in [1.82, 2.24) is 4.90 Å². The monoisotopic (exact) mass is 408 g/mol. The lowest BCUT2D eigenvalue weighted by atomic mass is 10.1. The number of hydrogen-bond donors (Lipinski definition) is 0. The molecule has 0 N–H and O–H groups in total. The van der Waals surface area contributed by atoms with Crippen molar-refractivity contribution in [3.8, 4) is 0 Å². The fourth-order valence-corrected chi connectivity index (χ4v) is 3.48. The van der Waals surface area contributed by atoms with E-state index in [2.05, 4.69) is 0 Å². The van der Waals surface area contributed by atoms with Crippen LogP contribution in [0.3, 0.4) is 0 Å². The molecule has 0 aromatic heterocycles. The third-order valence-electron chi connectivity index (χ3n) is 5.16. The number of carbonyl (C=O) groups excluding carboxylic acids is 3. The number of benzene rings is 2. The zero-order valence-electron chi connectivity index (χ0n) is 17.6. The first-order chi connectivity index (χ1) is 14.5. The molecule has 6 nitrogen and oxygen atoms in total. The fourth-order valence-electron chi connectivity index (χ4n) is 3.48. The molecule has 1 aliphatic rings. The highest BCUT2D eigenvalue weighted by Gasteiger charge is 2.22. The maximum atomic E-state index is 12.6. The number of aryl methyl sites for hydroxylation is 1. The summed E-state index contributed by atoms with van der Waals surface area (Å²) in [4.78, 5) is 40.2. The number of carbonyl (C=O) groups is 3. The molecule has 0 spiro atoms. The van der Waals surface area contributed by atoms with Crippen molar-refractivity contribution >= 4 is 23.5 Å². The quantitative estimate of drug-likeness (QED) is 0.625. The number of amides is 2. The van der Waals surface area contributed by atoms with Crippen LogP contribution in [-0.4, -0.2) is 42.4 Å². The van der Waals surface area contributed by atoms with E-state index in [0.29, 0.717) is 31.6 Å². The number of anilines is 1. The number of ether oxygens (including phenoxy) is 1. The molecule has 2 aromatic rings. The highest BCUT2D eigenvalue weighted by atomic mass is 16.5. The Morgan fingerprint density at radius 2 is 1.77 bits per heavy atom. The largest absolute Gasteiger partial charge is 0.452 e. The van der Waals surface area contributed by atoms with Gasteiger partial charge < -0.3 is 14.5 Å². The van der Waals surface area contributed by atoms with E-state index in [0.717, 1.165) is 24.1 Å². The van der Waals surface area contributed by atoms with Crippen LogP contribution < -0.4 is 4.90 Å². The third-order valence-corrected chi connectivity index (χ3v) is 5.16. The minimum Gasteiger partial charge on any atom is -0.452 e. The summed E-state index contributed by atoms with van der Waals surface area (Å²) in [7, 11) is 0. The van der Waals surface area contributed by atoms with Gasteiger partial charge in [0.1, 0.15) is 0 Å². The molecule has 30 heavy (non-hydrogen) atoms. The fraction of sp³-hybridized carbons (Fsp3) is 0.375. The van der Waals surface area contributed by atoms with Crippen molar-refractivity contribution in [1.29, 1.82) is 0 Å². The van der Waals surface area contributed by atoms with Crippen LogP contribution in [0.15, 0.2) is 48.5 Å². The Morgan fingerprint density at radius 3 is 2.37 bits per heavy atom. The molecular weight excluding hydrogens is 380 g/mol. The second-order valence-corrected chi connectivity index (χ2v) is 7.57. The first-order valence-corrected chi connectivity index (χ1v) is 10.4. The van der Waals surface area contributed by atoms with Crippen molar-refractivity contribution < 1.29 is 19.1 Å². The van der Waals surface area contributed by atoms with Crippen LogP contribution in [0.2, 0.25) is 0 Å². The van der Waals surface area contributed by atoms with Gasteiger partial charge in [0.25, 0.3) is 5.91 Å². The maximum absolute atomic E-state index is 12.6. The summed E-state index contributed by atoms with van der Waals surface area (Å²) in [5.74, 6) is -0.667. The number of nitrogens with zero attached hydrogens (tertiary/aromatic N) is 2. The van der Waals surface area contributed by atoms with Gasteiger partial charge in [-0.25, -0.2) is 4.79 Å². The lowest BCUT2D eigenvalue weighted by Gasteiger charge is -2.22. The summed E-state index contributed by atoms with van der Waals surface area (Å²) in [6.07, 6.45) is 2.23. The summed E-state index contributed by atoms with van der Waals surface area (Å²) >= 11 is 0. The van der Waals surface area contributed by atoms with Crippen molar-refractivity contribution in [2.45, 2.75) is 39.7 Å². The summed E-state index contributed by atoms with van der Waals surface area (Å²) in [5, 5.41) is 0. The van der Waals surface area contributed by atoms with Crippen LogP contribution in [0.1, 0.15) is 47.7 Å². The minimum absolute atomic E-state index is 0.0977. The van der Waals surface area contributed by atoms with Crippen LogP contribution in [-0.2, 0) is 20.9 Å². The number of hydrogen-bond acceptors (Lipinski definition) is 4. The van der Waals surface area contributed by atoms with E-state index >= 15 is 0 Å². The lowest BCUT2D eigenvalue weighted by molar-refractivity contribution is -0.135. The van der Waals surface area contributed by atoms with Gasteiger partial charge in [-0.05, 0) is 49.6 Å². The molecule has 0 bridgehead atoms. The predicted molar refractivity (Wildman–Crippen MR) is 115 cm³/mol. The Bertz CT molecular complexity index is 890. The molecule has 158 valence electrons. The van der Waals surface area contributed by atoms with Gasteiger partial charge in [0.15, 0.2) is 6.61 Å². The maximum Gasteiger partial charge on any atom is 0.338 e. The van der Waals surface area contributed by atoms with Gasteiger partial charge in [0.2, 0.25) is 5.91 Å². The smallest absolute Gasteiger partial charge is 0.338 e. The van der Waals surface area contributed by atoms with E-state index in [1.165, 1.54) is 5.56 Å². The van der Waals surface area contributed by atoms with Crippen LogP contribution in [0.4, 0.5) is 5.69 Å². The van der Waals surface area contributed by atoms with Gasteiger partial charge in [-0.15, -0.1) is 0 Å². The van der Waals surface area contributed by atoms with E-state index in [1.807, 2.05) is 38.1 Å². The summed E-state index contributed by atoms with van der Waals surface area (Å²) in [6, 6.07) is 14.8. The number of rotatable bonds is 8. The highest BCUT2D eigenvalue weighted by molar-refractivity contribution is 5.96. The molecule has 0 aliphatic carbocycles. The second-order valence-electron chi connectivity index (χ2n) is 7.57. The van der Waals surface area contributed by atoms with E-state index in [-0.39, 0.29) is 18.4 Å². The lowest BCUT2D eigenvalue weighted by Crippen LogP contribution is -2.34. The Kier molecular flexibility index (Phi) is 7.22. The van der Waals surface area contributed by atoms with Crippen molar-refractivity contribution in [2.24, 2.45) is 0 Å². The molecule has 1 fully saturated rings. The van der Waals surface area contributed by atoms with E-state index in [1.54, 1.807) is 34.1 Å². The Balaban J connectivity index is 1.55. The van der Waals surface area contributed by atoms with E-state index in [9.17, 15) is 14.4 Å². The van der Waals surface area contributed by atoms with Crippen LogP contribution in [0.5, 0.6) is 0 Å². The van der Waals surface area contributed by atoms with Crippen molar-refractivity contribution in [3.05, 3.63) is 65.2 Å². The van der Waals surface area contributed by atoms with Crippen molar-refractivity contribution in [2.75, 3.05) is 24.6 Å². The highest BCUT2D eigenvalue weighted by Crippen LogP contribution is 2.21. The Morgan fingerprint density at radius 1 is 1.07 bits per heavy atom. The molecule has 6 heteroatoms. The Labute approximate surface area is 177 Å². The van der Waals surface area contributed by atoms with Gasteiger partial charge in [-0.3, -0.25) is 9.59 Å². The predicted octanol–water partition coefficient (Wildman–Crippen LogP) is 3.72. The SMILES string of the molecule is CCCN(Cc1ccc(C)cc1)C(=O)COC(=O)c1ccc(N2CCCC2=O)cc1. The normalized spacial score (nSPS) is 13.4. The van der Waals surface area contributed by atoms with Crippen LogP contribution in [0, 0.1) is 6.92 Å². The van der Waals surface area contributed by atoms with Crippen LogP contribution >= 0.6 is 0 Å². The van der Waals surface area contributed by atoms with Gasteiger partial charge >= 0.3 is 5.97 Å². The molecule has 0 atom stereocenters. The summed E-state index contributed by atoms with van der Waals surface area (Å²) in [6.45, 7) is 5.52. The summed E-state index contributed by atoms with van der Waals surface area (Å²) < 4.78 is 5.25. The van der Waals surface area contributed by atoms with Gasteiger partial charge in [0, 0.05) is 31.7 Å². The first-order valence-electron chi connectivity index (χ1n) is 10.4. The molecule has 1 heterocycles. The molecule has 3 rings (SSSR count). The average Bonchev–Trinajstić information content (AvgIpc) is 3.19. The van der Waals surface area contributed by atoms with Gasteiger partial charge in [0.05, 0.1) is 5.56 Å². The average molecular weight is 408 g/mol. The molecule has 1 saturated heterocycles. The van der Waals surface area contributed by atoms with E-state index in [4.69, 9.17) is 4.74 Å².